The third-order valence-corrected chi connectivity index (χ3v) is 9.73. The molecule has 0 amide bonds. The van der Waals surface area contributed by atoms with Crippen molar-refractivity contribution in [2.24, 2.45) is 5.73 Å². The van der Waals surface area contributed by atoms with Crippen LogP contribution in [-0.4, -0.2) is 25.6 Å². The van der Waals surface area contributed by atoms with E-state index in [1.807, 2.05) is 24.4 Å². The average molecular weight is 649 g/mol. The molecule has 0 atom stereocenters. The van der Waals surface area contributed by atoms with Crippen molar-refractivity contribution >= 4 is 39.8 Å². The van der Waals surface area contributed by atoms with Gasteiger partial charge in [-0.3, -0.25) is 9.97 Å². The van der Waals surface area contributed by atoms with Crippen LogP contribution >= 0.6 is 0 Å². The molecule has 1 aliphatic carbocycles. The topological polar surface area (TPSA) is 73.7 Å². The summed E-state index contributed by atoms with van der Waals surface area (Å²) in [5.41, 5.74) is 21.5. The van der Waals surface area contributed by atoms with Crippen LogP contribution in [0.4, 0.5) is 5.69 Å². The van der Waals surface area contributed by atoms with Gasteiger partial charge in [0.2, 0.25) is 0 Å². The molecule has 3 aromatic carbocycles. The van der Waals surface area contributed by atoms with Gasteiger partial charge in [-0.25, -0.2) is 0 Å². The fourth-order valence-corrected chi connectivity index (χ4v) is 7.46. The molecule has 0 fully saturated rings. The van der Waals surface area contributed by atoms with Crippen molar-refractivity contribution in [1.29, 1.82) is 0 Å². The van der Waals surface area contributed by atoms with Crippen molar-refractivity contribution in [2.75, 3.05) is 11.9 Å². The largest absolute Gasteiger partial charge is 0.405 e. The number of nitrogens with one attached hydrogen (secondary N) is 1. The molecule has 0 unspecified atom stereocenters. The van der Waals surface area contributed by atoms with Gasteiger partial charge < -0.3 is 20.2 Å². The Kier molecular flexibility index (Phi) is 7.47. The molecule has 3 N–H and O–H groups in total. The normalized spacial score (nSPS) is 13.8. The highest BCUT2D eigenvalue weighted by molar-refractivity contribution is 6.06. The van der Waals surface area contributed by atoms with Crippen LogP contribution in [0.15, 0.2) is 140 Å². The molecule has 6 heteroatoms. The number of hydrogen-bond donors (Lipinski definition) is 2. The van der Waals surface area contributed by atoms with Crippen LogP contribution < -0.4 is 11.1 Å². The predicted octanol–water partition coefficient (Wildman–Crippen LogP) is 9.67. The Bertz CT molecular complexity index is 2410. The summed E-state index contributed by atoms with van der Waals surface area (Å²) in [5.74, 6) is 0. The van der Waals surface area contributed by atoms with E-state index in [-0.39, 0.29) is 0 Å². The van der Waals surface area contributed by atoms with E-state index in [1.54, 1.807) is 6.20 Å². The van der Waals surface area contributed by atoms with Crippen LogP contribution in [0.25, 0.3) is 67.8 Å². The van der Waals surface area contributed by atoms with Gasteiger partial charge in [0.1, 0.15) is 0 Å². The maximum atomic E-state index is 5.57. The number of hydrogen-bond acceptors (Lipinski definition) is 4. The van der Waals surface area contributed by atoms with Crippen molar-refractivity contribution < 1.29 is 0 Å². The van der Waals surface area contributed by atoms with Crippen LogP contribution in [-0.2, 0) is 12.8 Å². The van der Waals surface area contributed by atoms with Gasteiger partial charge in [0.05, 0.1) is 39.3 Å². The number of nitrogens with zero attached hydrogens (tertiary/aromatic N) is 4. The van der Waals surface area contributed by atoms with Crippen LogP contribution in [0.3, 0.4) is 0 Å². The quantitative estimate of drug-likeness (QED) is 0.169. The highest BCUT2D eigenvalue weighted by atomic mass is 15.1. The fourth-order valence-electron chi connectivity index (χ4n) is 7.46. The molecular weight excluding hydrogens is 613 g/mol. The van der Waals surface area contributed by atoms with Crippen LogP contribution in [0.2, 0.25) is 0 Å². The Labute approximate surface area is 291 Å². The van der Waals surface area contributed by atoms with Gasteiger partial charge in [-0.2, -0.15) is 0 Å². The molecule has 0 radical (unpaired) electrons. The zero-order chi connectivity index (χ0) is 33.4. The Morgan fingerprint density at radius 3 is 2.38 bits per heavy atom. The minimum Gasteiger partial charge on any atom is -0.405 e. The number of benzene rings is 3. The van der Waals surface area contributed by atoms with Crippen molar-refractivity contribution in [3.63, 3.8) is 0 Å². The number of para-hydroxylation sites is 1. The van der Waals surface area contributed by atoms with E-state index in [4.69, 9.17) is 15.7 Å². The third kappa shape index (κ3) is 5.13. The van der Waals surface area contributed by atoms with Crippen molar-refractivity contribution in [3.8, 4) is 33.8 Å². The summed E-state index contributed by atoms with van der Waals surface area (Å²) in [6, 6.07) is 34.6. The van der Waals surface area contributed by atoms with E-state index < -0.39 is 0 Å². The fraction of sp³-hybridized carbons (Fsp3) is 0.0909. The molecule has 9 rings (SSSR count). The molecule has 50 heavy (non-hydrogen) atoms. The molecule has 4 aromatic heterocycles. The first-order chi connectivity index (χ1) is 24.8. The zero-order valence-electron chi connectivity index (χ0n) is 27.6. The van der Waals surface area contributed by atoms with Gasteiger partial charge in [0, 0.05) is 52.7 Å². The van der Waals surface area contributed by atoms with Crippen LogP contribution in [0.1, 0.15) is 29.1 Å². The van der Waals surface area contributed by atoms with Gasteiger partial charge in [0.25, 0.3) is 0 Å². The second-order valence-corrected chi connectivity index (χ2v) is 12.8. The molecule has 0 bridgehead atoms. The second kappa shape index (κ2) is 12.6. The number of pyridine rings is 2. The van der Waals surface area contributed by atoms with Gasteiger partial charge >= 0.3 is 0 Å². The number of aromatic nitrogens is 4. The summed E-state index contributed by atoms with van der Waals surface area (Å²) in [7, 11) is 0. The predicted molar refractivity (Wildman–Crippen MR) is 208 cm³/mol. The van der Waals surface area contributed by atoms with Crippen molar-refractivity contribution in [1.82, 2.24) is 19.1 Å². The monoisotopic (exact) mass is 648 g/mol. The van der Waals surface area contributed by atoms with Crippen LogP contribution in [0, 0.1) is 0 Å². The molecular formula is C44H36N6. The number of rotatable bonds is 7. The maximum Gasteiger partial charge on any atom is 0.0963 e. The average Bonchev–Trinajstić information content (AvgIpc) is 3.70. The Morgan fingerprint density at radius 2 is 1.52 bits per heavy atom. The number of allylic oxidation sites excluding steroid dienone is 4. The first-order valence-electron chi connectivity index (χ1n) is 17.2. The number of fused-ring (bicyclic) bond motifs is 6. The van der Waals surface area contributed by atoms with E-state index in [2.05, 4.69) is 136 Å². The Morgan fingerprint density at radius 1 is 0.740 bits per heavy atom. The molecule has 242 valence electrons. The molecule has 0 saturated carbocycles. The summed E-state index contributed by atoms with van der Waals surface area (Å²) in [5, 5.41) is 4.78. The first kappa shape index (κ1) is 29.7. The summed E-state index contributed by atoms with van der Waals surface area (Å²) >= 11 is 0. The number of anilines is 1. The van der Waals surface area contributed by atoms with Gasteiger partial charge in [0.15, 0.2) is 0 Å². The highest BCUT2D eigenvalue weighted by Gasteiger charge is 2.23. The van der Waals surface area contributed by atoms with Crippen LogP contribution in [0.5, 0.6) is 0 Å². The van der Waals surface area contributed by atoms with E-state index in [1.165, 1.54) is 22.6 Å². The standard InChI is InChI=1S/C44H36N6/c45-25-7-1-2-10-33-28-32(30-17-21-34(22-18-30)49-39-13-5-3-11-36(39)43-41(49)15-8-26-46-43)29-38(48-33)31-19-23-35(24-20-31)50-40-14-6-4-12-37(40)44-42(50)16-9-27-47-44/h1-2,4-9,12-25,27-29,46H,3,10-11,26,45H2/b2-1-,25-7-. The Hall–Kier alpha value is -6.40. The molecule has 1 aliphatic heterocycles. The smallest absolute Gasteiger partial charge is 0.0963 e. The summed E-state index contributed by atoms with van der Waals surface area (Å²) < 4.78 is 4.68. The molecule has 7 aromatic rings. The molecule has 0 spiro atoms. The van der Waals surface area contributed by atoms with Crippen molar-refractivity contribution in [3.05, 3.63) is 162 Å². The summed E-state index contributed by atoms with van der Waals surface area (Å²) in [6.07, 6.45) is 21.2. The highest BCUT2D eigenvalue weighted by Crippen LogP contribution is 2.38. The summed E-state index contributed by atoms with van der Waals surface area (Å²) in [4.78, 5) is 9.83. The SMILES string of the molecule is N/C=C\C=C/Cc1cc(-c2ccc(-n3c4c(c5c3C=CCN5)CCC=C4)cc2)cc(-c2ccc(-n3c4ccccc4c4ncccc43)cc2)n1. The molecule has 0 saturated heterocycles. The van der Waals surface area contributed by atoms with Gasteiger partial charge in [-0.1, -0.05) is 66.8 Å². The molecule has 2 aliphatic rings. The van der Waals surface area contributed by atoms with E-state index in [0.29, 0.717) is 6.42 Å². The number of nitrogens with two attached hydrogens (primary N) is 1. The second-order valence-electron chi connectivity index (χ2n) is 12.8. The summed E-state index contributed by atoms with van der Waals surface area (Å²) in [6.45, 7) is 0.872. The van der Waals surface area contributed by atoms with Gasteiger partial charge in [-0.15, -0.1) is 0 Å². The Balaban J connectivity index is 1.10. The van der Waals surface area contributed by atoms with Crippen molar-refractivity contribution in [2.45, 2.75) is 19.3 Å². The van der Waals surface area contributed by atoms with E-state index in [0.717, 1.165) is 80.8 Å². The lowest BCUT2D eigenvalue weighted by atomic mass is 10.0. The minimum atomic E-state index is 0.697. The molecule has 6 nitrogen and oxygen atoms in total. The van der Waals surface area contributed by atoms with E-state index >= 15 is 0 Å². The lowest BCUT2D eigenvalue weighted by Gasteiger charge is -2.15. The minimum absolute atomic E-state index is 0.697. The zero-order valence-corrected chi connectivity index (χ0v) is 27.6. The van der Waals surface area contributed by atoms with Gasteiger partial charge in [-0.05, 0) is 103 Å². The maximum absolute atomic E-state index is 5.57. The lowest BCUT2D eigenvalue weighted by molar-refractivity contribution is 0.956. The lowest BCUT2D eigenvalue weighted by Crippen LogP contribution is -2.06. The molecule has 5 heterocycles. The first-order valence-corrected chi connectivity index (χ1v) is 17.2. The third-order valence-electron chi connectivity index (χ3n) is 9.73. The van der Waals surface area contributed by atoms with E-state index in [9.17, 15) is 0 Å².